The molecule has 8 aliphatic rings. The van der Waals surface area contributed by atoms with Crippen molar-refractivity contribution in [3.05, 3.63) is 90.0 Å². The van der Waals surface area contributed by atoms with Crippen LogP contribution in [0.2, 0.25) is 0 Å². The molecule has 2 radical (unpaired) electrons. The zero-order valence-corrected chi connectivity index (χ0v) is 61.1. The second-order valence-electron chi connectivity index (χ2n) is 24.7. The van der Waals surface area contributed by atoms with Crippen molar-refractivity contribution in [1.82, 2.24) is 35.6 Å². The number of benzene rings is 4. The predicted octanol–water partition coefficient (Wildman–Crippen LogP) is 6.35. The van der Waals surface area contributed by atoms with Crippen LogP contribution in [0.25, 0.3) is 0 Å². The Labute approximate surface area is 588 Å². The first-order valence-electron chi connectivity index (χ1n) is 29.9. The number of phenols is 4. The van der Waals surface area contributed by atoms with Gasteiger partial charge in [0.2, 0.25) is 31.3 Å². The zero-order chi connectivity index (χ0) is 60.9. The molecule has 8 aliphatic heterocycles. The summed E-state index contributed by atoms with van der Waals surface area (Å²) in [4.78, 5) is 47.3. The fourth-order valence-electron chi connectivity index (χ4n) is 15.4. The van der Waals surface area contributed by atoms with Gasteiger partial charge in [0.15, 0.2) is 23.0 Å². The first kappa shape index (κ1) is 69.2. The Bertz CT molecular complexity index is 3520. The van der Waals surface area contributed by atoms with Crippen LogP contribution in [0.1, 0.15) is 156 Å². The number of aromatic hydroxyl groups is 4. The molecule has 2 unspecified atom stereocenters. The van der Waals surface area contributed by atoms with E-state index in [4.69, 9.17) is 24.7 Å². The first-order valence-corrected chi connectivity index (χ1v) is 29.9. The molecule has 23 heteroatoms. The number of nitrogens with zero attached hydrogens (tertiary/aromatic N) is 6. The van der Waals surface area contributed by atoms with Gasteiger partial charge < -0.3 is 61.1 Å². The fraction of sp³-hybridized carbons (Fsp3) is 0.554. The third-order valence-electron chi connectivity index (χ3n) is 20.1. The summed E-state index contributed by atoms with van der Waals surface area (Å²) in [7, 11) is 4.03. The van der Waals surface area contributed by atoms with Crippen LogP contribution in [-0.2, 0) is 40.1 Å². The van der Waals surface area contributed by atoms with Crippen molar-refractivity contribution in [3.8, 4) is 58.1 Å². The third kappa shape index (κ3) is 11.4. The van der Waals surface area contributed by atoms with Gasteiger partial charge >= 0.3 is 0 Å². The molecule has 4 bridgehead atoms. The molecule has 12 rings (SSSR count). The largest absolute Gasteiger partial charge is 0.507 e. The van der Waals surface area contributed by atoms with E-state index >= 15 is 0 Å². The number of amides is 3. The van der Waals surface area contributed by atoms with Crippen molar-refractivity contribution < 1.29 is 142 Å². The topological polar surface area (TPSA) is 292 Å². The molecule has 2 fully saturated rings. The number of likely N-dealkylation sites (N-methyl/N-ethyl adjacent to an activating group) is 2. The summed E-state index contributed by atoms with van der Waals surface area (Å²) in [6.07, 6.45) is 5.12. The van der Waals surface area contributed by atoms with Gasteiger partial charge in [0.05, 0.1) is 42.3 Å². The van der Waals surface area contributed by atoms with Crippen LogP contribution < -0.4 is 40.6 Å². The number of nitriles is 2. The van der Waals surface area contributed by atoms with Gasteiger partial charge in [-0.05, 0) is 135 Å². The summed E-state index contributed by atoms with van der Waals surface area (Å²) in [6, 6.07) is 4.49. The maximum atomic E-state index is 13.4. The standard InChI is InChI=1S/C35H45N5O6.C29H35N5O5.CH4.2Ac/c1-7-8-9-10-27(41)38-20(5)35(44)37-15-26-29-22(31(42)19(4)33-34(29)46-16-45-33)13-24-30-28-21(11-17(2)18(3)32(28)43)12-23(39(30)6)25(14-36)40(24)26;1-12-6-16-7-18-20(9-30)34-19(24(33(18)5)22(16)26(36)13(12)2)8-17-23(21(34)10-32-29(37)15(4)31)28-27(38-11-39-28)14(3)25(17)35;;;/h11,20,23-26,30,42-43H,7-10,12-13,15-16H2,1-6H3,(H,37,44)(H,38,41);6,15,18-21,24,35-36H,7-8,10-11,31H2,1-5H3,(H,32,37);1H4;;/t20-,23-,24?,25-,26-,30-;15-,18-,19?,20-,21-,24-;;;/m00.../s1. The number of phenolic OH excluding ortho intramolecular Hbond substituents is 4. The van der Waals surface area contributed by atoms with Crippen molar-refractivity contribution in [2.24, 2.45) is 5.73 Å². The minimum absolute atomic E-state index is 0. The summed E-state index contributed by atoms with van der Waals surface area (Å²) in [5.74, 6) is 2.03. The molecule has 9 N–H and O–H groups in total. The summed E-state index contributed by atoms with van der Waals surface area (Å²) < 4.78 is 23.5. The van der Waals surface area contributed by atoms with E-state index in [2.05, 4.69) is 66.7 Å². The maximum absolute atomic E-state index is 13.4. The van der Waals surface area contributed by atoms with Crippen LogP contribution in [-0.4, -0.2) is 147 Å². The van der Waals surface area contributed by atoms with E-state index in [9.17, 15) is 45.3 Å². The Balaban J connectivity index is 0.000000223. The number of hydrogen-bond donors (Lipinski definition) is 8. The third-order valence-corrected chi connectivity index (χ3v) is 20.1. The number of aryl methyl sites for hydroxylation is 2. The van der Waals surface area contributed by atoms with Crippen molar-refractivity contribution in [2.45, 2.75) is 194 Å². The molecule has 88 heavy (non-hydrogen) atoms. The normalized spacial score (nSPS) is 25.4. The summed E-state index contributed by atoms with van der Waals surface area (Å²) in [5, 5.41) is 76.2. The van der Waals surface area contributed by atoms with Crippen molar-refractivity contribution >= 4 is 17.7 Å². The second kappa shape index (κ2) is 27.3. The number of piperazine rings is 2. The average Bonchev–Trinajstić information content (AvgIpc) is 1.92. The van der Waals surface area contributed by atoms with Crippen LogP contribution in [0, 0.1) is 152 Å². The quantitative estimate of drug-likeness (QED) is 0.0759. The van der Waals surface area contributed by atoms with Crippen molar-refractivity contribution in [3.63, 3.8) is 0 Å². The predicted molar refractivity (Wildman–Crippen MR) is 320 cm³/mol. The van der Waals surface area contributed by atoms with Gasteiger partial charge in [-0.3, -0.25) is 34.0 Å². The van der Waals surface area contributed by atoms with Crippen molar-refractivity contribution in [1.29, 1.82) is 10.5 Å². The Morgan fingerprint density at radius 1 is 0.614 bits per heavy atom. The van der Waals surface area contributed by atoms with E-state index in [1.807, 2.05) is 41.8 Å². The van der Waals surface area contributed by atoms with E-state index in [1.54, 1.807) is 27.7 Å². The van der Waals surface area contributed by atoms with E-state index in [-0.39, 0.29) is 199 Å². The van der Waals surface area contributed by atoms with E-state index < -0.39 is 36.3 Å². The van der Waals surface area contributed by atoms with Crippen molar-refractivity contribution in [2.75, 3.05) is 40.8 Å². The van der Waals surface area contributed by atoms with E-state index in [1.165, 1.54) is 0 Å². The number of nitrogens with two attached hydrogens (primary N) is 1. The van der Waals surface area contributed by atoms with E-state index in [0.29, 0.717) is 77.4 Å². The molecule has 0 spiro atoms. The SMILES string of the molecule is C.CCCCCC(=O)N[C@@H](C)C(=O)NC[C@H]1c2c(c(O)c(C)c3c2OCO3)CC2[C@H]3c4c(cc(C)c(C)c4O)C[C@@H]([C@H](C#N)N21)N3C.Cc1cc2c(c(O)c1C)[C@@H]1C3Cc4c(O)c(C)c5c(c4[C@H](CNC(=O)[C@H](C)N)N3[C@@H](C#N)[C@H](C2)N1C)OCO5.[Ac].[Ac]. The Hall–Kier alpha value is -4.65. The number of hydrogen-bond acceptors (Lipinski definition) is 18. The minimum atomic E-state index is -0.752. The van der Waals surface area contributed by atoms with Crippen LogP contribution in [0.3, 0.4) is 0 Å². The number of unbranched alkanes of at least 4 members (excludes halogenated alkanes) is 2. The molecule has 3 amide bonds. The smallest absolute Gasteiger partial charge is 0.242 e. The van der Waals surface area contributed by atoms with Gasteiger partial charge in [-0.2, -0.15) is 10.5 Å². The Morgan fingerprint density at radius 3 is 1.42 bits per heavy atom. The molecular formula is C65H84Ac2N10O11. The summed E-state index contributed by atoms with van der Waals surface area (Å²) >= 11 is 0. The van der Waals surface area contributed by atoms with Gasteiger partial charge in [-0.15, -0.1) is 0 Å². The number of rotatable bonds is 11. The second-order valence-corrected chi connectivity index (χ2v) is 24.7. The average molecular weight is 1640 g/mol. The number of nitrogens with one attached hydrogen (secondary N) is 3. The van der Waals surface area contributed by atoms with Gasteiger partial charge in [0, 0.05) is 176 Å². The molecule has 0 aliphatic carbocycles. The number of fused-ring (bicyclic) bond motifs is 18. The molecule has 21 nitrogen and oxygen atoms in total. The summed E-state index contributed by atoms with van der Waals surface area (Å²) in [6.45, 7) is 17.1. The first-order chi connectivity index (χ1) is 40.6. The van der Waals surface area contributed by atoms with Crippen LogP contribution >= 0.6 is 0 Å². The molecule has 4 aromatic rings. The number of carbonyl (C=O) groups excluding carboxylic acids is 3. The molecule has 8 heterocycles. The molecular weight excluding hydrogens is 1550 g/mol. The van der Waals surface area contributed by atoms with Gasteiger partial charge in [-0.25, -0.2) is 0 Å². The minimum Gasteiger partial charge on any atom is -0.507 e. The molecule has 466 valence electrons. The molecule has 0 aromatic heterocycles. The Kier molecular flexibility index (Phi) is 21.5. The van der Waals surface area contributed by atoms with Gasteiger partial charge in [0.1, 0.15) is 41.1 Å². The zero-order valence-electron chi connectivity index (χ0n) is 51.6. The van der Waals surface area contributed by atoms with Crippen LogP contribution in [0.15, 0.2) is 12.1 Å². The molecule has 0 saturated carbocycles. The maximum Gasteiger partial charge on any atom is 0.242 e. The van der Waals surface area contributed by atoms with Crippen LogP contribution in [0.4, 0.5) is 0 Å². The van der Waals surface area contributed by atoms with E-state index in [0.717, 1.165) is 74.9 Å². The number of ether oxygens (including phenoxy) is 4. The van der Waals surface area contributed by atoms with Gasteiger partial charge in [0.25, 0.3) is 0 Å². The van der Waals surface area contributed by atoms with Gasteiger partial charge in [-0.1, -0.05) is 39.3 Å². The molecule has 2 saturated heterocycles. The molecule has 12 atom stereocenters. The number of carbonyl (C=O) groups is 3. The molecule has 4 aromatic carbocycles. The summed E-state index contributed by atoms with van der Waals surface area (Å²) in [5.41, 5.74) is 17.4. The van der Waals surface area contributed by atoms with Crippen LogP contribution in [0.5, 0.6) is 46.0 Å². The monoisotopic (exact) mass is 1630 g/mol. The Morgan fingerprint density at radius 2 is 1.02 bits per heavy atom. The fourth-order valence-corrected chi connectivity index (χ4v) is 15.4.